The van der Waals surface area contributed by atoms with E-state index in [9.17, 15) is 10.5 Å². The van der Waals surface area contributed by atoms with Crippen LogP contribution in [-0.2, 0) is 0 Å². The van der Waals surface area contributed by atoms with E-state index in [1.165, 1.54) is 87.2 Å². The molecule has 10 aromatic rings. The van der Waals surface area contributed by atoms with Gasteiger partial charge in [0.15, 0.2) is 0 Å². The molecule has 1 aliphatic rings. The third-order valence-corrected chi connectivity index (χ3v) is 11.4. The molecule has 0 amide bonds. The summed E-state index contributed by atoms with van der Waals surface area (Å²) in [6, 6.07) is 65.3. The fourth-order valence-corrected chi connectivity index (χ4v) is 8.88. The maximum atomic E-state index is 9.62. The molecule has 1 aliphatic carbocycles. The Bertz CT molecular complexity index is 3320. The molecule has 0 radical (unpaired) electrons. The summed E-state index contributed by atoms with van der Waals surface area (Å²) in [6.07, 6.45) is 0. The van der Waals surface area contributed by atoms with Crippen LogP contribution < -0.4 is 0 Å². The maximum Gasteiger partial charge on any atom is 0.0991 e. The highest BCUT2D eigenvalue weighted by atomic mass is 14.3. The van der Waals surface area contributed by atoms with Gasteiger partial charge in [0.1, 0.15) is 0 Å². The fraction of sp³-hybridized carbons (Fsp3) is 0. The van der Waals surface area contributed by atoms with Crippen molar-refractivity contribution in [2.45, 2.75) is 0 Å². The maximum absolute atomic E-state index is 9.62. The Kier molecular flexibility index (Phi) is 6.41. The van der Waals surface area contributed by atoms with E-state index in [-0.39, 0.29) is 0 Å². The van der Waals surface area contributed by atoms with Crippen LogP contribution in [0.4, 0.5) is 0 Å². The summed E-state index contributed by atoms with van der Waals surface area (Å²) >= 11 is 0. The quantitative estimate of drug-likeness (QED) is 0.174. The van der Waals surface area contributed by atoms with Gasteiger partial charge in [-0.15, -0.1) is 0 Å². The highest BCUT2D eigenvalue weighted by molar-refractivity contribution is 6.27. The second kappa shape index (κ2) is 11.5. The van der Waals surface area contributed by atoms with Crippen molar-refractivity contribution in [3.05, 3.63) is 181 Å². The summed E-state index contributed by atoms with van der Waals surface area (Å²) in [6.45, 7) is 0. The molecular weight excluding hydrogens is 653 g/mol. The molecular formula is C52H28N2. The average molecular weight is 681 g/mol. The SMILES string of the molecule is N#Cc1ccc(-c2cc3c4cc5c(cc4c(-c4ccc(C#N)cc4)cc3c3ccccc23)-c2ccc(-c3ccc4ccccc4c3)c3cccc-5c23)cc1. The minimum Gasteiger partial charge on any atom is -0.192 e. The normalized spacial score (nSPS) is 11.7. The van der Waals surface area contributed by atoms with E-state index in [2.05, 4.69) is 158 Å². The lowest BCUT2D eigenvalue weighted by atomic mass is 9.86. The van der Waals surface area contributed by atoms with E-state index in [1.54, 1.807) is 0 Å². The summed E-state index contributed by atoms with van der Waals surface area (Å²) in [5.74, 6) is 0. The van der Waals surface area contributed by atoms with E-state index in [0.29, 0.717) is 11.1 Å². The van der Waals surface area contributed by atoms with Crippen molar-refractivity contribution in [3.8, 4) is 67.8 Å². The van der Waals surface area contributed by atoms with E-state index in [0.717, 1.165) is 22.3 Å². The second-order valence-electron chi connectivity index (χ2n) is 14.3. The van der Waals surface area contributed by atoms with Crippen molar-refractivity contribution in [2.75, 3.05) is 0 Å². The van der Waals surface area contributed by atoms with Gasteiger partial charge in [0.25, 0.3) is 0 Å². The highest BCUT2D eigenvalue weighted by Gasteiger charge is 2.25. The van der Waals surface area contributed by atoms with Crippen molar-refractivity contribution in [1.29, 1.82) is 10.5 Å². The van der Waals surface area contributed by atoms with Gasteiger partial charge in [-0.05, 0) is 164 Å². The van der Waals surface area contributed by atoms with E-state index in [1.807, 2.05) is 24.3 Å². The summed E-state index contributed by atoms with van der Waals surface area (Å²) in [7, 11) is 0. The molecule has 0 atom stereocenters. The molecule has 0 saturated carbocycles. The zero-order valence-electron chi connectivity index (χ0n) is 29.1. The molecule has 0 spiro atoms. The molecule has 0 saturated heterocycles. The first kappa shape index (κ1) is 30.1. The number of fused-ring (bicyclic) bond motifs is 9. The number of nitrogens with zero attached hydrogens (tertiary/aromatic N) is 2. The molecule has 246 valence electrons. The van der Waals surface area contributed by atoms with Crippen LogP contribution in [0.1, 0.15) is 11.1 Å². The standard InChI is InChI=1S/C52H28N2/c53-29-31-12-16-34(17-13-31)44-25-50-46(40-9-4-3-8-39(40)44)26-45(35-18-14-32(30-54)15-19-35)49-27-48-43-23-22-38(37-21-20-33-6-1-2-7-36(33)24-37)41-10-5-11-42(52(41)43)47(48)28-51(49)50/h1-28H. The van der Waals surface area contributed by atoms with Gasteiger partial charge in [-0.3, -0.25) is 0 Å². The van der Waals surface area contributed by atoms with Gasteiger partial charge < -0.3 is 0 Å². The summed E-state index contributed by atoms with van der Waals surface area (Å²) in [5.41, 5.74) is 13.2. The number of benzene rings is 10. The predicted octanol–water partition coefficient (Wildman–Crippen LogP) is 13.8. The minimum atomic E-state index is 0.645. The van der Waals surface area contributed by atoms with Gasteiger partial charge in [-0.1, -0.05) is 115 Å². The Balaban J connectivity index is 1.22. The van der Waals surface area contributed by atoms with Crippen LogP contribution in [-0.4, -0.2) is 0 Å². The molecule has 0 heterocycles. The molecule has 54 heavy (non-hydrogen) atoms. The first-order chi connectivity index (χ1) is 26.7. The van der Waals surface area contributed by atoms with Gasteiger partial charge >= 0.3 is 0 Å². The molecule has 0 fully saturated rings. The van der Waals surface area contributed by atoms with Crippen molar-refractivity contribution >= 4 is 53.9 Å². The Hall–Kier alpha value is -7.52. The van der Waals surface area contributed by atoms with Gasteiger partial charge in [0.05, 0.1) is 23.3 Å². The summed E-state index contributed by atoms with van der Waals surface area (Å²) in [5, 5.41) is 31.2. The number of hydrogen-bond acceptors (Lipinski definition) is 2. The van der Waals surface area contributed by atoms with E-state index >= 15 is 0 Å². The first-order valence-electron chi connectivity index (χ1n) is 18.2. The topological polar surface area (TPSA) is 47.6 Å². The van der Waals surface area contributed by atoms with Crippen LogP contribution in [0.25, 0.3) is 109 Å². The molecule has 0 aromatic heterocycles. The summed E-state index contributed by atoms with van der Waals surface area (Å²) in [4.78, 5) is 0. The predicted molar refractivity (Wildman–Crippen MR) is 224 cm³/mol. The lowest BCUT2D eigenvalue weighted by Crippen LogP contribution is -1.91. The number of nitriles is 2. The van der Waals surface area contributed by atoms with Gasteiger partial charge in [-0.25, -0.2) is 0 Å². The Morgan fingerprint density at radius 1 is 0.278 bits per heavy atom. The fourth-order valence-electron chi connectivity index (χ4n) is 8.88. The molecule has 0 N–H and O–H groups in total. The molecule has 2 heteroatoms. The van der Waals surface area contributed by atoms with Gasteiger partial charge in [-0.2, -0.15) is 10.5 Å². The zero-order chi connectivity index (χ0) is 35.9. The second-order valence-corrected chi connectivity index (χ2v) is 14.3. The lowest BCUT2D eigenvalue weighted by molar-refractivity contribution is 1.48. The van der Waals surface area contributed by atoms with Crippen LogP contribution in [0.3, 0.4) is 0 Å². The Morgan fingerprint density at radius 3 is 1.48 bits per heavy atom. The smallest absolute Gasteiger partial charge is 0.0991 e. The van der Waals surface area contributed by atoms with Crippen LogP contribution in [0.5, 0.6) is 0 Å². The van der Waals surface area contributed by atoms with Crippen molar-refractivity contribution in [3.63, 3.8) is 0 Å². The first-order valence-corrected chi connectivity index (χ1v) is 18.2. The minimum absolute atomic E-state index is 0.645. The van der Waals surface area contributed by atoms with E-state index < -0.39 is 0 Å². The zero-order valence-corrected chi connectivity index (χ0v) is 29.1. The molecule has 10 aromatic carbocycles. The number of rotatable bonds is 3. The van der Waals surface area contributed by atoms with Crippen molar-refractivity contribution < 1.29 is 0 Å². The van der Waals surface area contributed by atoms with Crippen LogP contribution in [0.15, 0.2) is 170 Å². The monoisotopic (exact) mass is 680 g/mol. The molecule has 2 nitrogen and oxygen atoms in total. The van der Waals surface area contributed by atoms with Crippen LogP contribution >= 0.6 is 0 Å². The van der Waals surface area contributed by atoms with E-state index in [4.69, 9.17) is 0 Å². The van der Waals surface area contributed by atoms with Gasteiger partial charge in [0, 0.05) is 0 Å². The van der Waals surface area contributed by atoms with Crippen LogP contribution in [0, 0.1) is 22.7 Å². The average Bonchev–Trinajstić information content (AvgIpc) is 3.56. The summed E-state index contributed by atoms with van der Waals surface area (Å²) < 4.78 is 0. The third kappa shape index (κ3) is 4.39. The molecule has 11 rings (SSSR count). The van der Waals surface area contributed by atoms with Crippen molar-refractivity contribution in [1.82, 2.24) is 0 Å². The van der Waals surface area contributed by atoms with Crippen molar-refractivity contribution in [2.24, 2.45) is 0 Å². The third-order valence-electron chi connectivity index (χ3n) is 11.4. The number of hydrogen-bond donors (Lipinski definition) is 0. The van der Waals surface area contributed by atoms with Crippen LogP contribution in [0.2, 0.25) is 0 Å². The highest BCUT2D eigenvalue weighted by Crippen LogP contribution is 2.53. The largest absolute Gasteiger partial charge is 0.192 e. The molecule has 0 unspecified atom stereocenters. The molecule has 0 bridgehead atoms. The molecule has 0 aliphatic heterocycles. The Labute approximate surface area is 312 Å². The Morgan fingerprint density at radius 2 is 0.778 bits per heavy atom. The van der Waals surface area contributed by atoms with Gasteiger partial charge in [0.2, 0.25) is 0 Å². The lowest BCUT2D eigenvalue weighted by Gasteiger charge is -2.17.